The Morgan fingerprint density at radius 1 is 1.21 bits per heavy atom. The second-order valence-electron chi connectivity index (χ2n) is 5.70. The Kier molecular flexibility index (Phi) is 6.32. The van der Waals surface area contributed by atoms with Gasteiger partial charge in [0.05, 0.1) is 6.10 Å². The van der Waals surface area contributed by atoms with Gasteiger partial charge in [0, 0.05) is 12.1 Å². The first-order valence-corrected chi connectivity index (χ1v) is 7.05. The van der Waals surface area contributed by atoms with Crippen molar-refractivity contribution >= 4 is 0 Å². The molecule has 0 aliphatic carbocycles. The van der Waals surface area contributed by atoms with Crippen molar-refractivity contribution in [2.45, 2.75) is 53.4 Å². The summed E-state index contributed by atoms with van der Waals surface area (Å²) in [4.78, 5) is 0. The molecule has 0 spiro atoms. The molecule has 108 valence electrons. The third kappa shape index (κ3) is 5.62. The molecular formula is C16H27NO2. The van der Waals surface area contributed by atoms with Crippen LogP contribution < -0.4 is 10.1 Å². The van der Waals surface area contributed by atoms with Gasteiger partial charge in [0.2, 0.25) is 0 Å². The fourth-order valence-corrected chi connectivity index (χ4v) is 1.76. The fourth-order valence-electron chi connectivity index (χ4n) is 1.76. The second kappa shape index (κ2) is 7.51. The molecule has 0 saturated carbocycles. The highest BCUT2D eigenvalue weighted by atomic mass is 16.5. The molecule has 0 amide bonds. The predicted molar refractivity (Wildman–Crippen MR) is 79.5 cm³/mol. The van der Waals surface area contributed by atoms with E-state index < -0.39 is 6.10 Å². The maximum absolute atomic E-state index is 9.54. The van der Waals surface area contributed by atoms with E-state index in [2.05, 4.69) is 32.2 Å². The molecule has 0 bridgehead atoms. The standard InChI is InChI=1S/C16H27NO2/c1-11(2)9-17-10-15-8-12(3)6-7-16(15)19-14(5)13(4)18/h6-8,11,13-14,17-18H,9-10H2,1-5H3. The van der Waals surface area contributed by atoms with Crippen LogP contribution in [0.3, 0.4) is 0 Å². The number of aliphatic hydroxyl groups excluding tert-OH is 1. The molecule has 0 aromatic heterocycles. The lowest BCUT2D eigenvalue weighted by Crippen LogP contribution is -2.26. The van der Waals surface area contributed by atoms with Gasteiger partial charge >= 0.3 is 0 Å². The van der Waals surface area contributed by atoms with E-state index in [9.17, 15) is 5.11 Å². The van der Waals surface area contributed by atoms with Crippen LogP contribution in [0.4, 0.5) is 0 Å². The van der Waals surface area contributed by atoms with E-state index >= 15 is 0 Å². The van der Waals surface area contributed by atoms with Crippen molar-refractivity contribution in [3.05, 3.63) is 29.3 Å². The Balaban J connectivity index is 2.73. The lowest BCUT2D eigenvalue weighted by molar-refractivity contribution is 0.0597. The van der Waals surface area contributed by atoms with Gasteiger partial charge in [-0.2, -0.15) is 0 Å². The molecule has 1 aromatic carbocycles. The quantitative estimate of drug-likeness (QED) is 0.796. The number of ether oxygens (including phenoxy) is 1. The topological polar surface area (TPSA) is 41.5 Å². The van der Waals surface area contributed by atoms with Gasteiger partial charge in [-0.05, 0) is 39.3 Å². The van der Waals surface area contributed by atoms with Crippen LogP contribution in [0, 0.1) is 12.8 Å². The number of nitrogens with one attached hydrogen (secondary N) is 1. The van der Waals surface area contributed by atoms with Crippen molar-refractivity contribution in [2.75, 3.05) is 6.54 Å². The Labute approximate surface area is 117 Å². The minimum atomic E-state index is -0.474. The largest absolute Gasteiger partial charge is 0.488 e. The van der Waals surface area contributed by atoms with Crippen LogP contribution >= 0.6 is 0 Å². The van der Waals surface area contributed by atoms with Crippen LogP contribution in [0.1, 0.15) is 38.8 Å². The van der Waals surface area contributed by atoms with E-state index in [0.29, 0.717) is 5.92 Å². The molecular weight excluding hydrogens is 238 g/mol. The molecule has 0 radical (unpaired) electrons. The van der Waals surface area contributed by atoms with Crippen LogP contribution in [0.2, 0.25) is 0 Å². The average Bonchev–Trinajstić information content (AvgIpc) is 2.31. The van der Waals surface area contributed by atoms with Gasteiger partial charge in [-0.25, -0.2) is 0 Å². The number of aryl methyl sites for hydroxylation is 1. The normalized spacial score (nSPS) is 14.5. The first-order valence-electron chi connectivity index (χ1n) is 7.05. The molecule has 2 unspecified atom stereocenters. The third-order valence-corrected chi connectivity index (χ3v) is 3.08. The summed E-state index contributed by atoms with van der Waals surface area (Å²) in [6.07, 6.45) is -0.677. The van der Waals surface area contributed by atoms with Crippen molar-refractivity contribution in [1.82, 2.24) is 5.32 Å². The molecule has 3 heteroatoms. The second-order valence-corrected chi connectivity index (χ2v) is 5.70. The molecule has 0 saturated heterocycles. The number of hydrogen-bond donors (Lipinski definition) is 2. The summed E-state index contributed by atoms with van der Waals surface area (Å²) < 4.78 is 5.83. The van der Waals surface area contributed by atoms with Crippen LogP contribution in [0.15, 0.2) is 18.2 Å². The number of benzene rings is 1. The van der Waals surface area contributed by atoms with Gasteiger partial charge in [0.25, 0.3) is 0 Å². The summed E-state index contributed by atoms with van der Waals surface area (Å²) in [5.74, 6) is 1.49. The molecule has 19 heavy (non-hydrogen) atoms. The van der Waals surface area contributed by atoms with Crippen molar-refractivity contribution in [1.29, 1.82) is 0 Å². The Morgan fingerprint density at radius 3 is 2.47 bits per heavy atom. The van der Waals surface area contributed by atoms with Crippen LogP contribution in [-0.4, -0.2) is 23.9 Å². The molecule has 0 heterocycles. The lowest BCUT2D eigenvalue weighted by Gasteiger charge is -2.20. The Morgan fingerprint density at radius 2 is 1.89 bits per heavy atom. The van der Waals surface area contributed by atoms with Gasteiger partial charge < -0.3 is 15.2 Å². The van der Waals surface area contributed by atoms with Crippen LogP contribution in [-0.2, 0) is 6.54 Å². The van der Waals surface area contributed by atoms with Gasteiger partial charge in [0.1, 0.15) is 11.9 Å². The summed E-state index contributed by atoms with van der Waals surface area (Å²) in [6, 6.07) is 6.16. The summed E-state index contributed by atoms with van der Waals surface area (Å²) in [5, 5.41) is 13.0. The zero-order valence-corrected chi connectivity index (χ0v) is 12.7. The van der Waals surface area contributed by atoms with E-state index in [-0.39, 0.29) is 6.10 Å². The molecule has 0 fully saturated rings. The number of aliphatic hydroxyl groups is 1. The Hall–Kier alpha value is -1.06. The molecule has 2 atom stereocenters. The minimum Gasteiger partial charge on any atom is -0.488 e. The Bertz CT molecular complexity index is 388. The van der Waals surface area contributed by atoms with Gasteiger partial charge in [-0.15, -0.1) is 0 Å². The lowest BCUT2D eigenvalue weighted by atomic mass is 10.1. The third-order valence-electron chi connectivity index (χ3n) is 3.08. The highest BCUT2D eigenvalue weighted by Gasteiger charge is 2.13. The SMILES string of the molecule is Cc1ccc(OC(C)C(C)O)c(CNCC(C)C)c1. The molecule has 1 aromatic rings. The smallest absolute Gasteiger partial charge is 0.124 e. The van der Waals surface area contributed by atoms with E-state index in [0.717, 1.165) is 24.4 Å². The van der Waals surface area contributed by atoms with E-state index in [4.69, 9.17) is 4.74 Å². The predicted octanol–water partition coefficient (Wildman–Crippen LogP) is 2.89. The van der Waals surface area contributed by atoms with Crippen molar-refractivity contribution in [3.8, 4) is 5.75 Å². The zero-order valence-electron chi connectivity index (χ0n) is 12.7. The molecule has 2 N–H and O–H groups in total. The summed E-state index contributed by atoms with van der Waals surface area (Å²) in [7, 11) is 0. The molecule has 1 rings (SSSR count). The zero-order chi connectivity index (χ0) is 14.4. The number of hydrogen-bond acceptors (Lipinski definition) is 3. The van der Waals surface area contributed by atoms with Crippen molar-refractivity contribution in [2.24, 2.45) is 5.92 Å². The fraction of sp³-hybridized carbons (Fsp3) is 0.625. The van der Waals surface area contributed by atoms with E-state index in [1.165, 1.54) is 5.56 Å². The summed E-state index contributed by atoms with van der Waals surface area (Å²) in [5.41, 5.74) is 2.37. The average molecular weight is 265 g/mol. The van der Waals surface area contributed by atoms with Crippen molar-refractivity contribution < 1.29 is 9.84 Å². The monoisotopic (exact) mass is 265 g/mol. The maximum atomic E-state index is 9.54. The highest BCUT2D eigenvalue weighted by Crippen LogP contribution is 2.22. The molecule has 0 aliphatic rings. The van der Waals surface area contributed by atoms with E-state index in [1.807, 2.05) is 19.1 Å². The van der Waals surface area contributed by atoms with Gasteiger partial charge in [0.15, 0.2) is 0 Å². The van der Waals surface area contributed by atoms with Gasteiger partial charge in [-0.3, -0.25) is 0 Å². The van der Waals surface area contributed by atoms with Crippen LogP contribution in [0.5, 0.6) is 5.75 Å². The van der Waals surface area contributed by atoms with Crippen molar-refractivity contribution in [3.63, 3.8) is 0 Å². The molecule has 0 aliphatic heterocycles. The highest BCUT2D eigenvalue weighted by molar-refractivity contribution is 5.37. The first kappa shape index (κ1) is 16.0. The summed E-state index contributed by atoms with van der Waals surface area (Å²) >= 11 is 0. The summed E-state index contributed by atoms with van der Waals surface area (Å²) in [6.45, 7) is 11.9. The first-order chi connectivity index (χ1) is 8.90. The molecule has 3 nitrogen and oxygen atoms in total. The maximum Gasteiger partial charge on any atom is 0.124 e. The van der Waals surface area contributed by atoms with E-state index in [1.54, 1.807) is 6.92 Å². The number of rotatable bonds is 7. The van der Waals surface area contributed by atoms with Crippen LogP contribution in [0.25, 0.3) is 0 Å². The minimum absolute atomic E-state index is 0.202. The van der Waals surface area contributed by atoms with Gasteiger partial charge in [-0.1, -0.05) is 31.5 Å².